The van der Waals surface area contributed by atoms with Crippen LogP contribution in [0, 0.1) is 0 Å². The zero-order valence-electron chi connectivity index (χ0n) is 18.0. The van der Waals surface area contributed by atoms with Gasteiger partial charge in [0.25, 0.3) is 0 Å². The van der Waals surface area contributed by atoms with E-state index in [2.05, 4.69) is 13.8 Å². The third kappa shape index (κ3) is 7.72. The minimum Gasteiger partial charge on any atom is -0.744 e. The zero-order chi connectivity index (χ0) is 21.3. The van der Waals surface area contributed by atoms with Gasteiger partial charge in [-0.1, -0.05) is 70.2 Å². The Balaban J connectivity index is 0.000000360. The molecule has 5 heteroatoms. The van der Waals surface area contributed by atoms with Gasteiger partial charge in [0.1, 0.15) is 10.1 Å². The number of aryl methyl sites for hydroxylation is 2. The molecule has 0 atom stereocenters. The maximum atomic E-state index is 11.6. The normalized spacial score (nSPS) is 15.2. The molecule has 1 aliphatic carbocycles. The molecule has 4 nitrogen and oxygen atoms in total. The van der Waals surface area contributed by atoms with Crippen molar-refractivity contribution in [3.8, 4) is 0 Å². The van der Waals surface area contributed by atoms with E-state index >= 15 is 0 Å². The van der Waals surface area contributed by atoms with Crippen LogP contribution in [0.1, 0.15) is 82.8 Å². The summed E-state index contributed by atoms with van der Waals surface area (Å²) in [6.07, 6.45) is 12.7. The summed E-state index contributed by atoms with van der Waals surface area (Å²) < 4.78 is 34.7. The van der Waals surface area contributed by atoms with E-state index in [1.807, 2.05) is 18.2 Å². The van der Waals surface area contributed by atoms with Gasteiger partial charge < -0.3 is 10.3 Å². The Morgan fingerprint density at radius 1 is 0.931 bits per heavy atom. The first-order valence-corrected chi connectivity index (χ1v) is 12.5. The monoisotopic (exact) mass is 418 g/mol. The van der Waals surface area contributed by atoms with E-state index in [0.29, 0.717) is 11.4 Å². The molecular formula is C24H36NO3S-. The molecule has 3 rings (SSSR count). The maximum absolute atomic E-state index is 11.6. The van der Waals surface area contributed by atoms with Crippen molar-refractivity contribution in [3.63, 3.8) is 0 Å². The van der Waals surface area contributed by atoms with Crippen molar-refractivity contribution in [3.05, 3.63) is 41.5 Å². The van der Waals surface area contributed by atoms with E-state index in [4.69, 9.17) is 5.73 Å². The van der Waals surface area contributed by atoms with Gasteiger partial charge >= 0.3 is 0 Å². The first kappa shape index (κ1) is 23.8. The second kappa shape index (κ2) is 11.7. The van der Waals surface area contributed by atoms with Gasteiger partial charge in [0.2, 0.25) is 0 Å². The van der Waals surface area contributed by atoms with Crippen LogP contribution in [0.5, 0.6) is 0 Å². The molecule has 1 saturated carbocycles. The quantitative estimate of drug-likeness (QED) is 0.584. The predicted octanol–water partition coefficient (Wildman–Crippen LogP) is 5.71. The van der Waals surface area contributed by atoms with Gasteiger partial charge in [-0.05, 0) is 66.5 Å². The zero-order valence-corrected chi connectivity index (χ0v) is 18.8. The van der Waals surface area contributed by atoms with Crippen molar-refractivity contribution in [1.82, 2.24) is 0 Å². The fraction of sp³-hybridized carbons (Fsp3) is 0.583. The Morgan fingerprint density at radius 3 is 2.03 bits per heavy atom. The molecule has 1 fully saturated rings. The summed E-state index contributed by atoms with van der Waals surface area (Å²) in [7, 11) is -4.46. The van der Waals surface area contributed by atoms with Crippen LogP contribution >= 0.6 is 0 Å². The van der Waals surface area contributed by atoms with Gasteiger partial charge in [-0.2, -0.15) is 0 Å². The number of benzene rings is 2. The summed E-state index contributed by atoms with van der Waals surface area (Å²) in [6, 6.07) is 9.83. The lowest BCUT2D eigenvalue weighted by Gasteiger charge is -2.15. The molecule has 0 bridgehead atoms. The van der Waals surface area contributed by atoms with Gasteiger partial charge in [0, 0.05) is 6.04 Å². The van der Waals surface area contributed by atoms with Crippen LogP contribution in [0.25, 0.3) is 10.8 Å². The summed E-state index contributed by atoms with van der Waals surface area (Å²) in [5.41, 5.74) is 7.75. The number of fused-ring (bicyclic) bond motifs is 1. The lowest BCUT2D eigenvalue weighted by molar-refractivity contribution is 0.441. The van der Waals surface area contributed by atoms with Gasteiger partial charge in [0.15, 0.2) is 0 Å². The second-order valence-electron chi connectivity index (χ2n) is 8.21. The number of rotatable bonds is 7. The minimum atomic E-state index is -4.46. The first-order chi connectivity index (χ1) is 13.8. The first-order valence-electron chi connectivity index (χ1n) is 11.1. The van der Waals surface area contributed by atoms with Crippen LogP contribution in [-0.4, -0.2) is 19.0 Å². The average Bonchev–Trinajstić information content (AvgIpc) is 2.70. The van der Waals surface area contributed by atoms with E-state index in [9.17, 15) is 13.0 Å². The summed E-state index contributed by atoms with van der Waals surface area (Å²) in [5.74, 6) is 0. The molecule has 0 amide bonds. The van der Waals surface area contributed by atoms with Crippen molar-refractivity contribution >= 4 is 20.9 Å². The summed E-state index contributed by atoms with van der Waals surface area (Å²) in [6.45, 7) is 4.24. The second-order valence-corrected chi connectivity index (χ2v) is 9.56. The molecule has 0 radical (unpaired) electrons. The molecule has 2 aromatic carbocycles. The maximum Gasteiger partial charge on any atom is 0.125 e. The van der Waals surface area contributed by atoms with Crippen molar-refractivity contribution in [2.75, 3.05) is 0 Å². The molecule has 1 aliphatic rings. The van der Waals surface area contributed by atoms with Gasteiger partial charge in [-0.3, -0.25) is 0 Å². The highest BCUT2D eigenvalue weighted by molar-refractivity contribution is 7.86. The molecule has 0 aliphatic heterocycles. The highest BCUT2D eigenvalue weighted by Gasteiger charge is 2.10. The molecule has 2 aromatic rings. The van der Waals surface area contributed by atoms with E-state index in [-0.39, 0.29) is 4.90 Å². The van der Waals surface area contributed by atoms with Gasteiger partial charge in [-0.25, -0.2) is 8.42 Å². The largest absolute Gasteiger partial charge is 0.744 e. The van der Waals surface area contributed by atoms with Crippen molar-refractivity contribution in [1.29, 1.82) is 0 Å². The average molecular weight is 419 g/mol. The summed E-state index contributed by atoms with van der Waals surface area (Å²) >= 11 is 0. The van der Waals surface area contributed by atoms with Gasteiger partial charge in [-0.15, -0.1) is 0 Å². The van der Waals surface area contributed by atoms with Crippen LogP contribution in [0.4, 0.5) is 0 Å². The van der Waals surface area contributed by atoms with Crippen LogP contribution in [0.15, 0.2) is 35.2 Å². The van der Waals surface area contributed by atoms with E-state index in [1.54, 1.807) is 12.1 Å². The Kier molecular flexibility index (Phi) is 9.60. The third-order valence-electron chi connectivity index (χ3n) is 5.60. The molecule has 162 valence electrons. The summed E-state index contributed by atoms with van der Waals surface area (Å²) in [4.78, 5) is -0.0851. The van der Waals surface area contributed by atoms with Crippen molar-refractivity contribution < 1.29 is 13.0 Å². The Labute approximate surface area is 176 Å². The molecular weight excluding hydrogens is 382 g/mol. The van der Waals surface area contributed by atoms with Crippen LogP contribution in [0.2, 0.25) is 0 Å². The van der Waals surface area contributed by atoms with E-state index in [1.165, 1.54) is 37.7 Å². The fourth-order valence-electron chi connectivity index (χ4n) is 3.85. The lowest BCUT2D eigenvalue weighted by Crippen LogP contribution is -2.22. The minimum absolute atomic E-state index is 0.0851. The Morgan fingerprint density at radius 2 is 1.52 bits per heavy atom. The molecule has 0 unspecified atom stereocenters. The number of hydrogen-bond acceptors (Lipinski definition) is 4. The molecule has 2 N–H and O–H groups in total. The fourth-order valence-corrected chi connectivity index (χ4v) is 4.60. The van der Waals surface area contributed by atoms with Crippen molar-refractivity contribution in [2.45, 2.75) is 95.4 Å². The highest BCUT2D eigenvalue weighted by Crippen LogP contribution is 2.27. The molecule has 29 heavy (non-hydrogen) atoms. The lowest BCUT2D eigenvalue weighted by atomic mass is 9.97. The summed E-state index contributed by atoms with van der Waals surface area (Å²) in [5, 5.41) is 1.40. The molecule has 0 aromatic heterocycles. The van der Waals surface area contributed by atoms with E-state index in [0.717, 1.165) is 49.5 Å². The number of unbranched alkanes of at least 4 members (excludes halogenated alkanes) is 2. The smallest absolute Gasteiger partial charge is 0.125 e. The SMILES string of the molecule is CCCCc1ccc2c(S(=O)(=O)[O-])cc(CCCC)cc2c1.NC1CCCCC1. The number of hydrogen-bond donors (Lipinski definition) is 1. The van der Waals surface area contributed by atoms with Crippen molar-refractivity contribution in [2.24, 2.45) is 5.73 Å². The molecule has 0 heterocycles. The van der Waals surface area contributed by atoms with Gasteiger partial charge in [0.05, 0.1) is 4.90 Å². The van der Waals surface area contributed by atoms with Crippen LogP contribution < -0.4 is 5.73 Å². The highest BCUT2D eigenvalue weighted by atomic mass is 32.2. The van der Waals surface area contributed by atoms with E-state index < -0.39 is 10.1 Å². The van der Waals surface area contributed by atoms with Crippen LogP contribution in [0.3, 0.4) is 0 Å². The standard InChI is InChI=1S/C18H24O3S.C6H13N/c1-3-5-7-14-9-10-17-16(11-14)12-15(8-6-4-2)13-18(17)22(19,20)21;7-6-4-2-1-3-5-6/h9-13H,3-8H2,1-2H3,(H,19,20,21);6H,1-5,7H2/p-1. The topological polar surface area (TPSA) is 83.2 Å². The molecule has 0 saturated heterocycles. The number of nitrogens with two attached hydrogens (primary N) is 1. The van der Waals surface area contributed by atoms with Crippen LogP contribution in [-0.2, 0) is 23.0 Å². The molecule has 0 spiro atoms. The Bertz CT molecular complexity index is 866. The Hall–Kier alpha value is -1.43. The predicted molar refractivity (Wildman–Crippen MR) is 120 cm³/mol. The third-order valence-corrected chi connectivity index (χ3v) is 6.47.